The van der Waals surface area contributed by atoms with E-state index in [2.05, 4.69) is 20.7 Å². The first-order chi connectivity index (χ1) is 10.7. The summed E-state index contributed by atoms with van der Waals surface area (Å²) in [5.41, 5.74) is 3.82. The van der Waals surface area contributed by atoms with Gasteiger partial charge in [-0.25, -0.2) is 5.43 Å². The average Bonchev–Trinajstić information content (AvgIpc) is 3.18. The van der Waals surface area contributed by atoms with E-state index in [4.69, 9.17) is 4.42 Å². The van der Waals surface area contributed by atoms with Gasteiger partial charge in [0.2, 0.25) is 0 Å². The SMILES string of the molecule is O=C(N/N=C/c1cccc(O)c1)c1cc(-c2ccco2)[nH]n1. The number of aromatic amines is 1. The third kappa shape index (κ3) is 3.04. The van der Waals surface area contributed by atoms with Gasteiger partial charge in [-0.3, -0.25) is 9.89 Å². The second-order valence-electron chi connectivity index (χ2n) is 4.44. The molecule has 1 amide bonds. The number of phenols is 1. The van der Waals surface area contributed by atoms with E-state index >= 15 is 0 Å². The van der Waals surface area contributed by atoms with Crippen LogP contribution in [0, 0.1) is 0 Å². The third-order valence-electron chi connectivity index (χ3n) is 2.85. The minimum Gasteiger partial charge on any atom is -0.508 e. The van der Waals surface area contributed by atoms with Crippen molar-refractivity contribution >= 4 is 12.1 Å². The molecule has 110 valence electrons. The molecule has 22 heavy (non-hydrogen) atoms. The summed E-state index contributed by atoms with van der Waals surface area (Å²) in [6, 6.07) is 11.6. The first kappa shape index (κ1) is 13.6. The van der Waals surface area contributed by atoms with E-state index < -0.39 is 5.91 Å². The molecule has 7 heteroatoms. The van der Waals surface area contributed by atoms with Crippen LogP contribution in [0.5, 0.6) is 5.75 Å². The van der Waals surface area contributed by atoms with Crippen LogP contribution in [-0.4, -0.2) is 27.4 Å². The molecular formula is C15H12N4O3. The van der Waals surface area contributed by atoms with Gasteiger partial charge in [-0.05, 0) is 29.8 Å². The maximum absolute atomic E-state index is 11.9. The predicted molar refractivity (Wildman–Crippen MR) is 79.5 cm³/mol. The van der Waals surface area contributed by atoms with Crippen LogP contribution in [0.25, 0.3) is 11.5 Å². The minimum absolute atomic E-state index is 0.130. The average molecular weight is 296 g/mol. The number of carbonyl (C=O) groups is 1. The topological polar surface area (TPSA) is 104 Å². The van der Waals surface area contributed by atoms with Gasteiger partial charge in [0.05, 0.1) is 12.5 Å². The summed E-state index contributed by atoms with van der Waals surface area (Å²) in [7, 11) is 0. The van der Waals surface area contributed by atoms with Gasteiger partial charge in [0.1, 0.15) is 11.4 Å². The zero-order chi connectivity index (χ0) is 15.4. The van der Waals surface area contributed by atoms with Crippen LogP contribution in [0.1, 0.15) is 16.1 Å². The number of aromatic hydroxyl groups is 1. The van der Waals surface area contributed by atoms with Crippen LogP contribution in [-0.2, 0) is 0 Å². The zero-order valence-electron chi connectivity index (χ0n) is 11.4. The van der Waals surface area contributed by atoms with Crippen molar-refractivity contribution in [1.82, 2.24) is 15.6 Å². The number of rotatable bonds is 4. The zero-order valence-corrected chi connectivity index (χ0v) is 11.4. The van der Waals surface area contributed by atoms with E-state index in [0.717, 1.165) is 0 Å². The van der Waals surface area contributed by atoms with Gasteiger partial charge >= 0.3 is 0 Å². The van der Waals surface area contributed by atoms with Crippen molar-refractivity contribution in [2.24, 2.45) is 5.10 Å². The van der Waals surface area contributed by atoms with Crippen LogP contribution >= 0.6 is 0 Å². The number of nitrogens with zero attached hydrogens (tertiary/aromatic N) is 2. The van der Waals surface area contributed by atoms with Crippen molar-refractivity contribution in [3.63, 3.8) is 0 Å². The van der Waals surface area contributed by atoms with Crippen LogP contribution < -0.4 is 5.43 Å². The standard InChI is InChI=1S/C15H12N4O3/c20-11-4-1-3-10(7-11)9-16-19-15(21)13-8-12(17-18-13)14-5-2-6-22-14/h1-9,20H,(H,17,18)(H,19,21)/b16-9+. The molecule has 3 aromatic rings. The summed E-state index contributed by atoms with van der Waals surface area (Å²) in [6.07, 6.45) is 2.97. The lowest BCUT2D eigenvalue weighted by atomic mass is 10.2. The fourth-order valence-corrected chi connectivity index (χ4v) is 1.82. The van der Waals surface area contributed by atoms with Gasteiger partial charge in [-0.15, -0.1) is 0 Å². The highest BCUT2D eigenvalue weighted by atomic mass is 16.3. The summed E-state index contributed by atoms with van der Waals surface area (Å²) in [4.78, 5) is 11.9. The Morgan fingerprint density at radius 1 is 1.32 bits per heavy atom. The molecule has 0 saturated carbocycles. The molecule has 0 atom stereocenters. The van der Waals surface area contributed by atoms with Gasteiger partial charge in [0, 0.05) is 6.07 Å². The third-order valence-corrected chi connectivity index (χ3v) is 2.85. The minimum atomic E-state index is -0.453. The maximum atomic E-state index is 11.9. The largest absolute Gasteiger partial charge is 0.508 e. The van der Waals surface area contributed by atoms with Crippen molar-refractivity contribution in [2.45, 2.75) is 0 Å². The number of amides is 1. The van der Waals surface area contributed by atoms with Crippen molar-refractivity contribution in [3.8, 4) is 17.2 Å². The summed E-state index contributed by atoms with van der Waals surface area (Å²) >= 11 is 0. The Morgan fingerprint density at radius 3 is 3.00 bits per heavy atom. The molecule has 0 fully saturated rings. The first-order valence-corrected chi connectivity index (χ1v) is 6.44. The monoisotopic (exact) mass is 296 g/mol. The van der Waals surface area contributed by atoms with Crippen molar-refractivity contribution in [2.75, 3.05) is 0 Å². The Hall–Kier alpha value is -3.35. The summed E-state index contributed by atoms with van der Waals surface area (Å²) in [6.45, 7) is 0. The van der Waals surface area contributed by atoms with Crippen LogP contribution in [0.4, 0.5) is 0 Å². The lowest BCUT2D eigenvalue weighted by molar-refractivity contribution is 0.0950. The summed E-state index contributed by atoms with van der Waals surface area (Å²) in [5.74, 6) is 0.269. The molecule has 0 saturated heterocycles. The number of benzene rings is 1. The number of H-pyrrole nitrogens is 1. The number of carbonyl (C=O) groups excluding carboxylic acids is 1. The summed E-state index contributed by atoms with van der Waals surface area (Å²) < 4.78 is 5.21. The quantitative estimate of drug-likeness (QED) is 0.507. The summed E-state index contributed by atoms with van der Waals surface area (Å²) in [5, 5.41) is 19.8. The van der Waals surface area contributed by atoms with Gasteiger partial charge in [-0.2, -0.15) is 10.2 Å². The molecule has 0 aliphatic carbocycles. The molecule has 3 N–H and O–H groups in total. The number of phenolic OH excluding ortho intramolecular Hbond substituents is 1. The second-order valence-corrected chi connectivity index (χ2v) is 4.44. The number of hydrogen-bond acceptors (Lipinski definition) is 5. The van der Waals surface area contributed by atoms with E-state index in [0.29, 0.717) is 17.0 Å². The second kappa shape index (κ2) is 5.96. The predicted octanol–water partition coefficient (Wildman–Crippen LogP) is 2.14. The molecular weight excluding hydrogens is 284 g/mol. The number of aromatic nitrogens is 2. The lowest BCUT2D eigenvalue weighted by Crippen LogP contribution is -2.17. The Morgan fingerprint density at radius 2 is 2.23 bits per heavy atom. The van der Waals surface area contributed by atoms with Gasteiger partial charge in [0.25, 0.3) is 5.91 Å². The molecule has 0 bridgehead atoms. The fourth-order valence-electron chi connectivity index (χ4n) is 1.82. The number of hydrazone groups is 1. The fraction of sp³-hybridized carbons (Fsp3) is 0. The van der Waals surface area contributed by atoms with Crippen LogP contribution in [0.2, 0.25) is 0 Å². The molecule has 1 aromatic carbocycles. The smallest absolute Gasteiger partial charge is 0.291 e. The molecule has 0 unspecified atom stereocenters. The van der Waals surface area contributed by atoms with Crippen molar-refractivity contribution in [1.29, 1.82) is 0 Å². The first-order valence-electron chi connectivity index (χ1n) is 6.44. The Balaban J connectivity index is 1.65. The normalized spacial score (nSPS) is 10.9. The molecule has 0 spiro atoms. The molecule has 7 nitrogen and oxygen atoms in total. The molecule has 2 heterocycles. The number of furan rings is 1. The van der Waals surface area contributed by atoms with E-state index in [1.807, 2.05) is 0 Å². The molecule has 0 aliphatic rings. The van der Waals surface area contributed by atoms with Gasteiger partial charge < -0.3 is 9.52 Å². The van der Waals surface area contributed by atoms with E-state index in [9.17, 15) is 9.90 Å². The molecule has 3 rings (SSSR count). The molecule has 0 aliphatic heterocycles. The van der Waals surface area contributed by atoms with Crippen molar-refractivity contribution in [3.05, 3.63) is 60.0 Å². The van der Waals surface area contributed by atoms with Crippen LogP contribution in [0.3, 0.4) is 0 Å². The molecule has 0 radical (unpaired) electrons. The van der Waals surface area contributed by atoms with E-state index in [1.54, 1.807) is 36.4 Å². The lowest BCUT2D eigenvalue weighted by Gasteiger charge is -1.96. The Bertz CT molecular complexity index is 806. The van der Waals surface area contributed by atoms with E-state index in [1.165, 1.54) is 18.5 Å². The highest BCUT2D eigenvalue weighted by Crippen LogP contribution is 2.17. The highest BCUT2D eigenvalue weighted by Gasteiger charge is 2.11. The van der Waals surface area contributed by atoms with Crippen molar-refractivity contribution < 1.29 is 14.3 Å². The maximum Gasteiger partial charge on any atom is 0.291 e. The molecule has 2 aromatic heterocycles. The highest BCUT2D eigenvalue weighted by molar-refractivity contribution is 5.94. The number of hydrogen-bond donors (Lipinski definition) is 3. The number of nitrogens with one attached hydrogen (secondary N) is 2. The van der Waals surface area contributed by atoms with Crippen LogP contribution in [0.15, 0.2) is 58.2 Å². The Kier molecular flexibility index (Phi) is 3.69. The Labute approximate surface area is 125 Å². The van der Waals surface area contributed by atoms with E-state index in [-0.39, 0.29) is 11.4 Å². The van der Waals surface area contributed by atoms with Gasteiger partial charge in [0.15, 0.2) is 11.5 Å². The van der Waals surface area contributed by atoms with Gasteiger partial charge in [-0.1, -0.05) is 12.1 Å².